The highest BCUT2D eigenvalue weighted by Gasteiger charge is 2.50. The number of nitrogens with zero attached hydrogens (tertiary/aromatic N) is 1. The molecule has 1 spiro atoms. The van der Waals surface area contributed by atoms with Crippen LogP contribution in [0, 0.1) is 0 Å². The van der Waals surface area contributed by atoms with Crippen LogP contribution in [0.1, 0.15) is 29.9 Å². The molecule has 2 aromatic rings. The van der Waals surface area contributed by atoms with Crippen LogP contribution in [0.2, 0.25) is 0 Å². The Morgan fingerprint density at radius 2 is 1.84 bits per heavy atom. The van der Waals surface area contributed by atoms with Gasteiger partial charge in [-0.05, 0) is 42.0 Å². The van der Waals surface area contributed by atoms with Crippen molar-refractivity contribution in [3.8, 4) is 5.75 Å². The van der Waals surface area contributed by atoms with Gasteiger partial charge in [-0.25, -0.2) is 0 Å². The molecule has 2 saturated heterocycles. The van der Waals surface area contributed by atoms with Gasteiger partial charge >= 0.3 is 0 Å². The molecule has 5 rings (SSSR count). The second-order valence-corrected chi connectivity index (χ2v) is 7.86. The normalized spacial score (nSPS) is 27.2. The number of hydrogen-bond donors (Lipinski definition) is 0. The zero-order chi connectivity index (χ0) is 16.7. The van der Waals surface area contributed by atoms with Crippen LogP contribution in [0.5, 0.6) is 5.75 Å². The molecule has 3 heteroatoms. The molecule has 0 aromatic heterocycles. The maximum atomic E-state index is 6.16. The molecule has 3 nitrogen and oxygen atoms in total. The van der Waals surface area contributed by atoms with Gasteiger partial charge in [0.05, 0.1) is 12.2 Å². The van der Waals surface area contributed by atoms with E-state index >= 15 is 0 Å². The van der Waals surface area contributed by atoms with E-state index in [4.69, 9.17) is 9.47 Å². The van der Waals surface area contributed by atoms with Crippen molar-refractivity contribution in [2.45, 2.75) is 36.9 Å². The Labute approximate surface area is 149 Å². The Bertz CT molecular complexity index is 739. The lowest BCUT2D eigenvalue weighted by Crippen LogP contribution is -2.62. The van der Waals surface area contributed by atoms with Gasteiger partial charge < -0.3 is 9.47 Å². The Balaban J connectivity index is 1.15. The second kappa shape index (κ2) is 6.15. The van der Waals surface area contributed by atoms with Gasteiger partial charge in [-0.2, -0.15) is 0 Å². The van der Waals surface area contributed by atoms with Gasteiger partial charge in [-0.15, -0.1) is 0 Å². The van der Waals surface area contributed by atoms with E-state index in [2.05, 4.69) is 29.2 Å². The zero-order valence-electron chi connectivity index (χ0n) is 14.6. The molecule has 2 aromatic carbocycles. The molecule has 0 bridgehead atoms. The predicted molar refractivity (Wildman–Crippen MR) is 98.1 cm³/mol. The number of likely N-dealkylation sites (tertiary alicyclic amines) is 1. The highest BCUT2D eigenvalue weighted by Crippen LogP contribution is 2.40. The quantitative estimate of drug-likeness (QED) is 0.851. The van der Waals surface area contributed by atoms with Gasteiger partial charge in [0.15, 0.2) is 0 Å². The van der Waals surface area contributed by atoms with Gasteiger partial charge in [0.1, 0.15) is 11.9 Å². The molecule has 0 unspecified atom stereocenters. The van der Waals surface area contributed by atoms with E-state index in [1.807, 2.05) is 30.3 Å². The molecule has 0 saturated carbocycles. The van der Waals surface area contributed by atoms with E-state index in [0.29, 0.717) is 5.92 Å². The number of aryl methyl sites for hydroxylation is 1. The van der Waals surface area contributed by atoms with Crippen LogP contribution in [0.25, 0.3) is 0 Å². The number of fused-ring (bicyclic) bond motifs is 1. The summed E-state index contributed by atoms with van der Waals surface area (Å²) in [6.07, 6.45) is 3.74. The molecule has 0 amide bonds. The number of rotatable bonds is 4. The summed E-state index contributed by atoms with van der Waals surface area (Å²) in [7, 11) is 0. The number of benzene rings is 2. The molecule has 2 heterocycles. The highest BCUT2D eigenvalue weighted by atomic mass is 16.6. The third-order valence-corrected chi connectivity index (χ3v) is 5.98. The molecule has 1 aliphatic carbocycles. The van der Waals surface area contributed by atoms with Crippen molar-refractivity contribution in [3.63, 3.8) is 0 Å². The maximum absolute atomic E-state index is 6.16. The van der Waals surface area contributed by atoms with Gasteiger partial charge in [0.2, 0.25) is 0 Å². The number of para-hydroxylation sites is 1. The summed E-state index contributed by atoms with van der Waals surface area (Å²) >= 11 is 0. The fourth-order valence-corrected chi connectivity index (χ4v) is 4.83. The molecular formula is C22H25NO2. The standard InChI is InChI=1S/C22H25NO2/c1-2-7-19(8-3-1)25-20-12-22(24-14-20)15-23(16-22)13-18-11-10-17-6-4-5-9-21(17)18/h1-9,18,20H,10-16H2/t18-,20+/m0/s1. The Morgan fingerprint density at radius 3 is 2.72 bits per heavy atom. The molecule has 3 aliphatic rings. The van der Waals surface area contributed by atoms with Gasteiger partial charge in [0.25, 0.3) is 0 Å². The van der Waals surface area contributed by atoms with Crippen LogP contribution in [0.3, 0.4) is 0 Å². The average Bonchev–Trinajstić information content (AvgIpc) is 3.21. The van der Waals surface area contributed by atoms with Gasteiger partial charge in [0, 0.05) is 26.1 Å². The van der Waals surface area contributed by atoms with Crippen molar-refractivity contribution < 1.29 is 9.47 Å². The summed E-state index contributed by atoms with van der Waals surface area (Å²) in [5.41, 5.74) is 3.16. The smallest absolute Gasteiger partial charge is 0.125 e. The van der Waals surface area contributed by atoms with E-state index in [-0.39, 0.29) is 11.7 Å². The first-order valence-electron chi connectivity index (χ1n) is 9.46. The third-order valence-electron chi connectivity index (χ3n) is 5.98. The van der Waals surface area contributed by atoms with Crippen LogP contribution < -0.4 is 4.74 Å². The van der Waals surface area contributed by atoms with Crippen molar-refractivity contribution in [2.75, 3.05) is 26.2 Å². The summed E-state index contributed by atoms with van der Waals surface area (Å²) in [4.78, 5) is 2.57. The number of hydrogen-bond acceptors (Lipinski definition) is 3. The molecule has 0 N–H and O–H groups in total. The minimum Gasteiger partial charge on any atom is -0.488 e. The first-order chi connectivity index (χ1) is 12.3. The lowest BCUT2D eigenvalue weighted by molar-refractivity contribution is -0.112. The second-order valence-electron chi connectivity index (χ2n) is 7.86. The molecule has 25 heavy (non-hydrogen) atoms. The fourth-order valence-electron chi connectivity index (χ4n) is 4.83. The van der Waals surface area contributed by atoms with Crippen LogP contribution in [-0.2, 0) is 11.2 Å². The molecule has 0 radical (unpaired) electrons. The largest absolute Gasteiger partial charge is 0.488 e. The molecule has 2 fully saturated rings. The van der Waals surface area contributed by atoms with E-state index in [9.17, 15) is 0 Å². The number of ether oxygens (including phenoxy) is 2. The van der Waals surface area contributed by atoms with Crippen LogP contribution >= 0.6 is 0 Å². The van der Waals surface area contributed by atoms with E-state index in [1.54, 1.807) is 11.1 Å². The van der Waals surface area contributed by atoms with Crippen molar-refractivity contribution in [3.05, 3.63) is 65.7 Å². The molecule has 2 aliphatic heterocycles. The third kappa shape index (κ3) is 2.96. The summed E-state index contributed by atoms with van der Waals surface area (Å²) in [5.74, 6) is 1.65. The minimum atomic E-state index is 0.0393. The van der Waals surface area contributed by atoms with Crippen molar-refractivity contribution in [2.24, 2.45) is 0 Å². The highest BCUT2D eigenvalue weighted by molar-refractivity contribution is 5.35. The van der Waals surface area contributed by atoms with E-state index in [0.717, 1.165) is 31.9 Å². The van der Waals surface area contributed by atoms with E-state index < -0.39 is 0 Å². The Hall–Kier alpha value is -1.84. The van der Waals surface area contributed by atoms with Crippen LogP contribution in [0.15, 0.2) is 54.6 Å². The summed E-state index contributed by atoms with van der Waals surface area (Å²) in [5, 5.41) is 0. The summed E-state index contributed by atoms with van der Waals surface area (Å²) in [6.45, 7) is 4.00. The first kappa shape index (κ1) is 15.4. The monoisotopic (exact) mass is 335 g/mol. The Morgan fingerprint density at radius 1 is 1.04 bits per heavy atom. The maximum Gasteiger partial charge on any atom is 0.125 e. The fraction of sp³-hybridized carbons (Fsp3) is 0.455. The topological polar surface area (TPSA) is 21.7 Å². The lowest BCUT2D eigenvalue weighted by Gasteiger charge is -2.48. The van der Waals surface area contributed by atoms with Crippen LogP contribution in [0.4, 0.5) is 0 Å². The van der Waals surface area contributed by atoms with Crippen molar-refractivity contribution in [1.82, 2.24) is 4.90 Å². The van der Waals surface area contributed by atoms with E-state index in [1.165, 1.54) is 19.4 Å². The zero-order valence-corrected chi connectivity index (χ0v) is 14.6. The average molecular weight is 335 g/mol. The van der Waals surface area contributed by atoms with Crippen molar-refractivity contribution >= 4 is 0 Å². The van der Waals surface area contributed by atoms with Crippen LogP contribution in [-0.4, -0.2) is 42.8 Å². The lowest BCUT2D eigenvalue weighted by atomic mass is 9.88. The Kier molecular flexibility index (Phi) is 3.79. The summed E-state index contributed by atoms with van der Waals surface area (Å²) in [6, 6.07) is 19.1. The SMILES string of the molecule is c1ccc(O[C@H]2COC3(C2)CN(C[C@@H]2CCc4ccccc42)C3)cc1. The summed E-state index contributed by atoms with van der Waals surface area (Å²) < 4.78 is 12.2. The molecule has 2 atom stereocenters. The predicted octanol–water partition coefficient (Wildman–Crippen LogP) is 3.64. The molecular weight excluding hydrogens is 310 g/mol. The van der Waals surface area contributed by atoms with Gasteiger partial charge in [-0.3, -0.25) is 4.90 Å². The van der Waals surface area contributed by atoms with Gasteiger partial charge in [-0.1, -0.05) is 42.5 Å². The first-order valence-corrected chi connectivity index (χ1v) is 9.46. The molecule has 130 valence electrons. The minimum absolute atomic E-state index is 0.0393. The van der Waals surface area contributed by atoms with Crippen molar-refractivity contribution in [1.29, 1.82) is 0 Å².